The summed E-state index contributed by atoms with van der Waals surface area (Å²) in [5.41, 5.74) is 0. The molecular formula is C11H20N2O. The Morgan fingerprint density at radius 2 is 2.29 bits per heavy atom. The predicted octanol–water partition coefficient (Wildman–Crippen LogP) is 1.90. The summed E-state index contributed by atoms with van der Waals surface area (Å²) in [7, 11) is 1.96. The SMILES string of the molecule is CCCCCC(O)Cc1nccn1C. The van der Waals surface area contributed by atoms with Gasteiger partial charge in [0.05, 0.1) is 6.10 Å². The largest absolute Gasteiger partial charge is 0.393 e. The molecule has 0 spiro atoms. The number of aryl methyl sites for hydroxylation is 1. The lowest BCUT2D eigenvalue weighted by molar-refractivity contribution is 0.158. The van der Waals surface area contributed by atoms with Gasteiger partial charge in [0.2, 0.25) is 0 Å². The average molecular weight is 196 g/mol. The lowest BCUT2D eigenvalue weighted by atomic mass is 10.1. The molecule has 3 heteroatoms. The van der Waals surface area contributed by atoms with Gasteiger partial charge in [0.25, 0.3) is 0 Å². The van der Waals surface area contributed by atoms with Crippen LogP contribution < -0.4 is 0 Å². The molecule has 14 heavy (non-hydrogen) atoms. The van der Waals surface area contributed by atoms with Crippen LogP contribution >= 0.6 is 0 Å². The van der Waals surface area contributed by atoms with E-state index in [0.29, 0.717) is 6.42 Å². The fourth-order valence-corrected chi connectivity index (χ4v) is 1.54. The maximum absolute atomic E-state index is 9.72. The van der Waals surface area contributed by atoms with Crippen molar-refractivity contribution in [2.45, 2.75) is 45.1 Å². The van der Waals surface area contributed by atoms with E-state index in [1.54, 1.807) is 6.20 Å². The number of imidazole rings is 1. The Morgan fingerprint density at radius 3 is 2.86 bits per heavy atom. The van der Waals surface area contributed by atoms with E-state index < -0.39 is 0 Å². The van der Waals surface area contributed by atoms with Crippen LogP contribution in [0.15, 0.2) is 12.4 Å². The second-order valence-electron chi connectivity index (χ2n) is 3.81. The number of rotatable bonds is 6. The molecule has 1 N–H and O–H groups in total. The Kier molecular flexibility index (Phi) is 4.66. The molecule has 0 aromatic carbocycles. The molecule has 0 bridgehead atoms. The van der Waals surface area contributed by atoms with Crippen molar-refractivity contribution in [3.05, 3.63) is 18.2 Å². The van der Waals surface area contributed by atoms with Gasteiger partial charge in [0, 0.05) is 25.9 Å². The molecule has 1 rings (SSSR count). The van der Waals surface area contributed by atoms with E-state index in [2.05, 4.69) is 11.9 Å². The Bertz CT molecular complexity index is 258. The highest BCUT2D eigenvalue weighted by Gasteiger charge is 2.08. The van der Waals surface area contributed by atoms with E-state index in [1.165, 1.54) is 12.8 Å². The minimum Gasteiger partial charge on any atom is -0.393 e. The summed E-state index contributed by atoms with van der Waals surface area (Å²) in [6.07, 6.45) is 8.54. The number of unbranched alkanes of at least 4 members (excludes halogenated alkanes) is 2. The van der Waals surface area contributed by atoms with Crippen molar-refractivity contribution >= 4 is 0 Å². The van der Waals surface area contributed by atoms with Crippen LogP contribution in [0.5, 0.6) is 0 Å². The predicted molar refractivity (Wildman–Crippen MR) is 57.1 cm³/mol. The van der Waals surface area contributed by atoms with E-state index in [0.717, 1.165) is 18.7 Å². The summed E-state index contributed by atoms with van der Waals surface area (Å²) in [6, 6.07) is 0. The van der Waals surface area contributed by atoms with Crippen molar-refractivity contribution in [3.63, 3.8) is 0 Å². The molecule has 1 unspecified atom stereocenters. The van der Waals surface area contributed by atoms with Crippen molar-refractivity contribution < 1.29 is 5.11 Å². The fraction of sp³-hybridized carbons (Fsp3) is 0.727. The zero-order valence-corrected chi connectivity index (χ0v) is 9.11. The topological polar surface area (TPSA) is 38.1 Å². The normalized spacial score (nSPS) is 13.1. The highest BCUT2D eigenvalue weighted by molar-refractivity contribution is 4.92. The Morgan fingerprint density at radius 1 is 1.50 bits per heavy atom. The minimum atomic E-state index is -0.234. The summed E-state index contributed by atoms with van der Waals surface area (Å²) < 4.78 is 1.96. The first-order valence-corrected chi connectivity index (χ1v) is 5.38. The number of hydrogen-bond donors (Lipinski definition) is 1. The molecule has 3 nitrogen and oxygen atoms in total. The number of hydrogen-bond acceptors (Lipinski definition) is 2. The summed E-state index contributed by atoms with van der Waals surface area (Å²) in [6.45, 7) is 2.17. The molecule has 0 radical (unpaired) electrons. The minimum absolute atomic E-state index is 0.234. The summed E-state index contributed by atoms with van der Waals surface area (Å²) in [5, 5.41) is 9.72. The number of aliphatic hydroxyl groups excluding tert-OH is 1. The third-order valence-corrected chi connectivity index (χ3v) is 2.48. The number of aromatic nitrogens is 2. The van der Waals surface area contributed by atoms with Crippen LogP contribution in [0.25, 0.3) is 0 Å². The van der Waals surface area contributed by atoms with E-state index in [1.807, 2.05) is 17.8 Å². The highest BCUT2D eigenvalue weighted by Crippen LogP contribution is 2.07. The number of aliphatic hydroxyl groups is 1. The Balaban J connectivity index is 2.27. The Labute approximate surface area is 85.8 Å². The van der Waals surface area contributed by atoms with Gasteiger partial charge < -0.3 is 9.67 Å². The molecule has 0 amide bonds. The summed E-state index contributed by atoms with van der Waals surface area (Å²) in [5.74, 6) is 0.967. The first kappa shape index (κ1) is 11.2. The van der Waals surface area contributed by atoms with Crippen molar-refractivity contribution in [1.82, 2.24) is 9.55 Å². The van der Waals surface area contributed by atoms with Crippen molar-refractivity contribution in [2.24, 2.45) is 7.05 Å². The lowest BCUT2D eigenvalue weighted by Gasteiger charge is -2.09. The van der Waals surface area contributed by atoms with Crippen LogP contribution in [0, 0.1) is 0 Å². The Hall–Kier alpha value is -0.830. The zero-order chi connectivity index (χ0) is 10.4. The smallest absolute Gasteiger partial charge is 0.110 e. The fourth-order valence-electron chi connectivity index (χ4n) is 1.54. The maximum Gasteiger partial charge on any atom is 0.110 e. The molecule has 80 valence electrons. The molecule has 0 aliphatic heterocycles. The molecule has 1 aromatic heterocycles. The maximum atomic E-state index is 9.72. The summed E-state index contributed by atoms with van der Waals surface area (Å²) >= 11 is 0. The van der Waals surface area contributed by atoms with E-state index in [4.69, 9.17) is 0 Å². The van der Waals surface area contributed by atoms with Crippen LogP contribution in [0.3, 0.4) is 0 Å². The van der Waals surface area contributed by atoms with E-state index in [-0.39, 0.29) is 6.10 Å². The van der Waals surface area contributed by atoms with Gasteiger partial charge in [0.15, 0.2) is 0 Å². The average Bonchev–Trinajstić information content (AvgIpc) is 2.52. The van der Waals surface area contributed by atoms with Crippen molar-refractivity contribution in [1.29, 1.82) is 0 Å². The van der Waals surface area contributed by atoms with Gasteiger partial charge in [-0.25, -0.2) is 4.98 Å². The van der Waals surface area contributed by atoms with Crippen LogP contribution in [0.1, 0.15) is 38.4 Å². The van der Waals surface area contributed by atoms with E-state index >= 15 is 0 Å². The zero-order valence-electron chi connectivity index (χ0n) is 9.11. The molecule has 0 aliphatic carbocycles. The summed E-state index contributed by atoms with van der Waals surface area (Å²) in [4.78, 5) is 4.19. The first-order valence-electron chi connectivity index (χ1n) is 5.38. The van der Waals surface area contributed by atoms with Gasteiger partial charge >= 0.3 is 0 Å². The van der Waals surface area contributed by atoms with Crippen LogP contribution in [0.4, 0.5) is 0 Å². The molecule has 1 atom stereocenters. The van der Waals surface area contributed by atoms with Gasteiger partial charge in [-0.2, -0.15) is 0 Å². The molecule has 0 fully saturated rings. The lowest BCUT2D eigenvalue weighted by Crippen LogP contribution is -2.13. The van der Waals surface area contributed by atoms with Gasteiger partial charge in [0.1, 0.15) is 5.82 Å². The van der Waals surface area contributed by atoms with Gasteiger partial charge in [-0.05, 0) is 6.42 Å². The van der Waals surface area contributed by atoms with E-state index in [9.17, 15) is 5.11 Å². The van der Waals surface area contributed by atoms with Crippen molar-refractivity contribution in [2.75, 3.05) is 0 Å². The molecular weight excluding hydrogens is 176 g/mol. The first-order chi connectivity index (χ1) is 6.74. The monoisotopic (exact) mass is 196 g/mol. The third kappa shape index (κ3) is 3.50. The molecule has 1 aromatic rings. The number of nitrogens with zero attached hydrogens (tertiary/aromatic N) is 2. The molecule has 0 saturated heterocycles. The third-order valence-electron chi connectivity index (χ3n) is 2.48. The molecule has 0 aliphatic rings. The standard InChI is InChI=1S/C11H20N2O/c1-3-4-5-6-10(14)9-11-12-7-8-13(11)2/h7-8,10,14H,3-6,9H2,1-2H3. The van der Waals surface area contributed by atoms with Gasteiger partial charge in [-0.3, -0.25) is 0 Å². The van der Waals surface area contributed by atoms with Crippen molar-refractivity contribution in [3.8, 4) is 0 Å². The van der Waals surface area contributed by atoms with Crippen LogP contribution in [-0.4, -0.2) is 20.8 Å². The second kappa shape index (κ2) is 5.81. The van der Waals surface area contributed by atoms with Crippen LogP contribution in [-0.2, 0) is 13.5 Å². The molecule has 0 saturated carbocycles. The van der Waals surface area contributed by atoms with Gasteiger partial charge in [-0.1, -0.05) is 26.2 Å². The van der Waals surface area contributed by atoms with Gasteiger partial charge in [-0.15, -0.1) is 0 Å². The second-order valence-corrected chi connectivity index (χ2v) is 3.81. The van der Waals surface area contributed by atoms with Crippen LogP contribution in [0.2, 0.25) is 0 Å². The quantitative estimate of drug-likeness (QED) is 0.706. The molecule has 1 heterocycles. The highest BCUT2D eigenvalue weighted by atomic mass is 16.3.